The molecular formula is C10H10N4O4. The number of likely N-dealkylation sites (N-methyl/N-ethyl adjacent to an activating group) is 1. The normalized spacial score (nSPS) is 9.39. The molecule has 0 aliphatic carbocycles. The van der Waals surface area contributed by atoms with Gasteiger partial charge in [-0.2, -0.15) is 5.26 Å². The molecule has 0 amide bonds. The first kappa shape index (κ1) is 13.4. The van der Waals surface area contributed by atoms with Crippen molar-refractivity contribution in [1.82, 2.24) is 4.98 Å². The maximum Gasteiger partial charge on any atom is 0.325 e. The lowest BCUT2D eigenvalue weighted by Crippen LogP contribution is -2.27. The highest BCUT2D eigenvalue weighted by molar-refractivity contribution is 5.76. The van der Waals surface area contributed by atoms with Crippen LogP contribution in [-0.4, -0.2) is 36.6 Å². The van der Waals surface area contributed by atoms with Gasteiger partial charge in [0.2, 0.25) is 0 Å². The van der Waals surface area contributed by atoms with Crippen LogP contribution in [0, 0.1) is 21.4 Å². The predicted molar refractivity (Wildman–Crippen MR) is 60.9 cm³/mol. The standard InChI is InChI=1S/C10H10N4O4/c1-13(6-9(15)18-2)10-7(4-11)3-8(5-12-10)14(16)17/h3,5H,6H2,1-2H3. The fourth-order valence-electron chi connectivity index (χ4n) is 1.27. The Bertz CT molecular complexity index is 523. The molecule has 0 atom stereocenters. The summed E-state index contributed by atoms with van der Waals surface area (Å²) in [7, 11) is 2.77. The maximum atomic E-state index is 11.1. The molecule has 94 valence electrons. The second kappa shape index (κ2) is 5.58. The first-order valence-corrected chi connectivity index (χ1v) is 4.82. The number of methoxy groups -OCH3 is 1. The van der Waals surface area contributed by atoms with Gasteiger partial charge in [0.1, 0.15) is 30.2 Å². The average molecular weight is 250 g/mol. The second-order valence-corrected chi connectivity index (χ2v) is 3.37. The molecule has 0 N–H and O–H groups in total. The molecule has 8 nitrogen and oxygen atoms in total. The Kier molecular flexibility index (Phi) is 4.15. The molecule has 0 spiro atoms. The first-order chi connectivity index (χ1) is 8.49. The summed E-state index contributed by atoms with van der Waals surface area (Å²) in [5.74, 6) is -0.310. The van der Waals surface area contributed by atoms with E-state index in [1.165, 1.54) is 19.1 Å². The zero-order valence-corrected chi connectivity index (χ0v) is 9.78. The zero-order valence-electron chi connectivity index (χ0n) is 9.78. The molecule has 18 heavy (non-hydrogen) atoms. The van der Waals surface area contributed by atoms with Crippen LogP contribution >= 0.6 is 0 Å². The molecule has 0 bridgehead atoms. The molecule has 1 heterocycles. The molecule has 0 aliphatic heterocycles. The average Bonchev–Trinajstić information content (AvgIpc) is 2.37. The zero-order chi connectivity index (χ0) is 13.7. The minimum absolute atomic E-state index is 0.0237. The summed E-state index contributed by atoms with van der Waals surface area (Å²) >= 11 is 0. The van der Waals surface area contributed by atoms with E-state index in [9.17, 15) is 14.9 Å². The van der Waals surface area contributed by atoms with Gasteiger partial charge in [-0.15, -0.1) is 0 Å². The molecule has 8 heteroatoms. The Balaban J connectivity index is 3.06. The van der Waals surface area contributed by atoms with E-state index in [0.29, 0.717) is 0 Å². The highest BCUT2D eigenvalue weighted by atomic mass is 16.6. The van der Waals surface area contributed by atoms with Crippen LogP contribution in [0.3, 0.4) is 0 Å². The molecule has 0 aromatic carbocycles. The van der Waals surface area contributed by atoms with Gasteiger partial charge >= 0.3 is 5.97 Å². The van der Waals surface area contributed by atoms with Crippen LogP contribution in [0.25, 0.3) is 0 Å². The van der Waals surface area contributed by atoms with E-state index in [1.54, 1.807) is 6.07 Å². The lowest BCUT2D eigenvalue weighted by atomic mass is 10.2. The monoisotopic (exact) mass is 250 g/mol. The Morgan fingerprint density at radius 1 is 1.72 bits per heavy atom. The molecule has 1 aromatic rings. The van der Waals surface area contributed by atoms with Crippen molar-refractivity contribution in [2.75, 3.05) is 25.6 Å². The SMILES string of the molecule is COC(=O)CN(C)c1ncc([N+](=O)[O-])cc1C#N. The van der Waals surface area contributed by atoms with E-state index in [4.69, 9.17) is 5.26 Å². The number of nitro groups is 1. The number of pyridine rings is 1. The fourth-order valence-corrected chi connectivity index (χ4v) is 1.27. The molecule has 0 fully saturated rings. The molecule has 0 unspecified atom stereocenters. The van der Waals surface area contributed by atoms with Gasteiger partial charge in [-0.05, 0) is 0 Å². The van der Waals surface area contributed by atoms with E-state index in [1.807, 2.05) is 0 Å². The number of nitriles is 1. The minimum Gasteiger partial charge on any atom is -0.468 e. The highest BCUT2D eigenvalue weighted by Crippen LogP contribution is 2.20. The number of carbonyl (C=O) groups excluding carboxylic acids is 1. The number of anilines is 1. The Morgan fingerprint density at radius 3 is 2.89 bits per heavy atom. The number of ether oxygens (including phenoxy) is 1. The van der Waals surface area contributed by atoms with Crippen LogP contribution in [-0.2, 0) is 9.53 Å². The van der Waals surface area contributed by atoms with Gasteiger partial charge in [0.15, 0.2) is 0 Å². The number of hydrogen-bond acceptors (Lipinski definition) is 7. The Labute approximate surface area is 103 Å². The molecular weight excluding hydrogens is 240 g/mol. The summed E-state index contributed by atoms with van der Waals surface area (Å²) in [6.45, 7) is -0.101. The third-order valence-corrected chi connectivity index (χ3v) is 2.14. The van der Waals surface area contributed by atoms with E-state index in [0.717, 1.165) is 12.3 Å². The Hall–Kier alpha value is -2.69. The van der Waals surface area contributed by atoms with Crippen LogP contribution in [0.2, 0.25) is 0 Å². The third kappa shape index (κ3) is 2.91. The van der Waals surface area contributed by atoms with Gasteiger partial charge in [0.25, 0.3) is 5.69 Å². The van der Waals surface area contributed by atoms with Crippen molar-refractivity contribution in [3.05, 3.63) is 27.9 Å². The highest BCUT2D eigenvalue weighted by Gasteiger charge is 2.16. The van der Waals surface area contributed by atoms with Crippen LogP contribution in [0.5, 0.6) is 0 Å². The molecule has 0 aliphatic rings. The van der Waals surface area contributed by atoms with Crippen LogP contribution in [0.15, 0.2) is 12.3 Å². The maximum absolute atomic E-state index is 11.1. The van der Waals surface area contributed by atoms with Crippen LogP contribution in [0.4, 0.5) is 11.5 Å². The van der Waals surface area contributed by atoms with Gasteiger partial charge in [-0.1, -0.05) is 0 Å². The van der Waals surface area contributed by atoms with E-state index in [-0.39, 0.29) is 23.6 Å². The molecule has 0 saturated heterocycles. The third-order valence-electron chi connectivity index (χ3n) is 2.14. The van der Waals surface area contributed by atoms with Crippen molar-refractivity contribution in [3.63, 3.8) is 0 Å². The van der Waals surface area contributed by atoms with Crippen molar-refractivity contribution in [2.45, 2.75) is 0 Å². The van der Waals surface area contributed by atoms with E-state index in [2.05, 4.69) is 9.72 Å². The van der Waals surface area contributed by atoms with Gasteiger partial charge < -0.3 is 9.64 Å². The minimum atomic E-state index is -0.641. The summed E-state index contributed by atoms with van der Waals surface area (Å²) in [5.41, 5.74) is -0.252. The number of hydrogen-bond donors (Lipinski definition) is 0. The lowest BCUT2D eigenvalue weighted by Gasteiger charge is -2.17. The summed E-state index contributed by atoms with van der Waals surface area (Å²) < 4.78 is 4.48. The van der Waals surface area contributed by atoms with Gasteiger partial charge in [0, 0.05) is 13.1 Å². The van der Waals surface area contributed by atoms with Crippen LogP contribution < -0.4 is 4.90 Å². The quantitative estimate of drug-likeness (QED) is 0.434. The summed E-state index contributed by atoms with van der Waals surface area (Å²) in [6.07, 6.45) is 1.03. The molecule has 1 aromatic heterocycles. The number of nitrogens with zero attached hydrogens (tertiary/aromatic N) is 4. The number of carbonyl (C=O) groups is 1. The summed E-state index contributed by atoms with van der Waals surface area (Å²) in [6, 6.07) is 2.91. The number of rotatable bonds is 4. The van der Waals surface area contributed by atoms with Crippen LogP contribution in [0.1, 0.15) is 5.56 Å². The molecule has 1 rings (SSSR count). The first-order valence-electron chi connectivity index (χ1n) is 4.82. The summed E-state index contributed by atoms with van der Waals surface area (Å²) in [5, 5.41) is 19.5. The number of aromatic nitrogens is 1. The topological polar surface area (TPSA) is 109 Å². The smallest absolute Gasteiger partial charge is 0.325 e. The summed E-state index contributed by atoms with van der Waals surface area (Å²) in [4.78, 5) is 26.2. The fraction of sp³-hybridized carbons (Fsp3) is 0.300. The van der Waals surface area contributed by atoms with Crippen molar-refractivity contribution in [3.8, 4) is 6.07 Å². The van der Waals surface area contributed by atoms with Crippen molar-refractivity contribution < 1.29 is 14.5 Å². The molecule has 0 radical (unpaired) electrons. The Morgan fingerprint density at radius 2 is 2.39 bits per heavy atom. The van der Waals surface area contributed by atoms with Crippen molar-refractivity contribution >= 4 is 17.5 Å². The van der Waals surface area contributed by atoms with Gasteiger partial charge in [0.05, 0.1) is 12.0 Å². The van der Waals surface area contributed by atoms with E-state index >= 15 is 0 Å². The van der Waals surface area contributed by atoms with Gasteiger partial charge in [-0.3, -0.25) is 14.9 Å². The van der Waals surface area contributed by atoms with Gasteiger partial charge in [-0.25, -0.2) is 4.98 Å². The largest absolute Gasteiger partial charge is 0.468 e. The van der Waals surface area contributed by atoms with Crippen molar-refractivity contribution in [2.24, 2.45) is 0 Å². The predicted octanol–water partition coefficient (Wildman–Crippen LogP) is 0.471. The lowest BCUT2D eigenvalue weighted by molar-refractivity contribution is -0.385. The molecule has 0 saturated carbocycles. The number of esters is 1. The van der Waals surface area contributed by atoms with Crippen molar-refractivity contribution in [1.29, 1.82) is 5.26 Å². The van der Waals surface area contributed by atoms with E-state index < -0.39 is 10.9 Å². The second-order valence-electron chi connectivity index (χ2n) is 3.37.